The lowest BCUT2D eigenvalue weighted by molar-refractivity contribution is -0.00943. The van der Waals surface area contributed by atoms with Gasteiger partial charge in [0.1, 0.15) is 0 Å². The molecule has 3 aliphatic carbocycles. The number of rotatable bonds is 2. The molecule has 1 saturated carbocycles. The molecule has 0 heterocycles. The van der Waals surface area contributed by atoms with Gasteiger partial charge in [0, 0.05) is 6.61 Å². The van der Waals surface area contributed by atoms with Crippen LogP contribution in [0.5, 0.6) is 0 Å². The molecule has 1 fully saturated rings. The highest BCUT2D eigenvalue weighted by molar-refractivity contribution is 5.23. The van der Waals surface area contributed by atoms with Crippen LogP contribution in [0.25, 0.3) is 0 Å². The molecule has 1 nitrogen and oxygen atoms in total. The summed E-state index contributed by atoms with van der Waals surface area (Å²) in [6.07, 6.45) is 5.89. The zero-order chi connectivity index (χ0) is 8.77. The maximum atomic E-state index is 8.88. The second kappa shape index (κ2) is 2.59. The summed E-state index contributed by atoms with van der Waals surface area (Å²) < 4.78 is 0. The summed E-state index contributed by atoms with van der Waals surface area (Å²) in [4.78, 5) is 0. The van der Waals surface area contributed by atoms with Gasteiger partial charge in [-0.25, -0.2) is 0 Å². The largest absolute Gasteiger partial charge is 0.396 e. The minimum absolute atomic E-state index is 0.322. The number of aliphatic hydroxyl groups is 1. The van der Waals surface area contributed by atoms with Crippen molar-refractivity contribution >= 4 is 0 Å². The lowest BCUT2D eigenvalue weighted by Crippen LogP contribution is -2.48. The second-order valence-corrected chi connectivity index (χ2v) is 4.79. The smallest absolute Gasteiger partial charge is 0.0468 e. The van der Waals surface area contributed by atoms with E-state index in [0.29, 0.717) is 12.0 Å². The van der Waals surface area contributed by atoms with Crippen molar-refractivity contribution in [2.24, 2.45) is 17.3 Å². The zero-order valence-electron chi connectivity index (χ0n) is 8.01. The third-order valence-electron chi connectivity index (χ3n) is 3.98. The van der Waals surface area contributed by atoms with Gasteiger partial charge < -0.3 is 5.11 Å². The van der Waals surface area contributed by atoms with E-state index in [1.165, 1.54) is 18.4 Å². The SMILES string of the molecule is CC1(C)C2C[C@@H]1CC=C2CCO. The van der Waals surface area contributed by atoms with E-state index in [4.69, 9.17) is 5.11 Å². The zero-order valence-corrected chi connectivity index (χ0v) is 8.01. The average molecular weight is 166 g/mol. The van der Waals surface area contributed by atoms with Crippen molar-refractivity contribution in [2.45, 2.75) is 33.1 Å². The highest BCUT2D eigenvalue weighted by Gasteiger charge is 2.50. The van der Waals surface area contributed by atoms with Gasteiger partial charge in [-0.15, -0.1) is 0 Å². The first-order valence-corrected chi connectivity index (χ1v) is 4.96. The van der Waals surface area contributed by atoms with Crippen LogP contribution in [-0.2, 0) is 0 Å². The van der Waals surface area contributed by atoms with E-state index in [-0.39, 0.29) is 0 Å². The third-order valence-corrected chi connectivity index (χ3v) is 3.98. The standard InChI is InChI=1S/C11H18O/c1-11(2)9-4-3-8(5-6-12)10(11)7-9/h3,9-10,12H,4-7H2,1-2H3/t9-,10?/m0/s1. The average Bonchev–Trinajstić information content (AvgIpc) is 2.05. The summed E-state index contributed by atoms with van der Waals surface area (Å²) in [6, 6.07) is 0. The monoisotopic (exact) mass is 166 g/mol. The van der Waals surface area contributed by atoms with Crippen molar-refractivity contribution in [3.63, 3.8) is 0 Å². The molecule has 68 valence electrons. The predicted molar refractivity (Wildman–Crippen MR) is 49.8 cm³/mol. The maximum absolute atomic E-state index is 8.88. The fraction of sp³-hybridized carbons (Fsp3) is 0.818. The van der Waals surface area contributed by atoms with Crippen molar-refractivity contribution in [3.8, 4) is 0 Å². The molecule has 2 atom stereocenters. The molecule has 0 aromatic heterocycles. The van der Waals surface area contributed by atoms with E-state index in [1.54, 1.807) is 0 Å². The maximum Gasteiger partial charge on any atom is 0.0468 e. The number of fused-ring (bicyclic) bond motifs is 1. The van der Waals surface area contributed by atoms with E-state index in [2.05, 4.69) is 19.9 Å². The van der Waals surface area contributed by atoms with Gasteiger partial charge >= 0.3 is 0 Å². The van der Waals surface area contributed by atoms with Gasteiger partial charge in [-0.05, 0) is 36.5 Å². The molecular weight excluding hydrogens is 148 g/mol. The van der Waals surface area contributed by atoms with Gasteiger partial charge in [-0.1, -0.05) is 25.5 Å². The highest BCUT2D eigenvalue weighted by Crippen LogP contribution is 2.59. The normalized spacial score (nSPS) is 37.1. The number of aliphatic hydroxyl groups excluding tert-OH is 1. The Labute approximate surface area is 74.5 Å². The Morgan fingerprint density at radius 1 is 1.58 bits per heavy atom. The summed E-state index contributed by atoms with van der Waals surface area (Å²) in [6.45, 7) is 5.06. The first-order valence-electron chi connectivity index (χ1n) is 4.96. The lowest BCUT2D eigenvalue weighted by Gasteiger charge is -2.56. The van der Waals surface area contributed by atoms with Crippen LogP contribution in [0.1, 0.15) is 33.1 Å². The van der Waals surface area contributed by atoms with E-state index >= 15 is 0 Å². The summed E-state index contributed by atoms with van der Waals surface area (Å²) >= 11 is 0. The Kier molecular flexibility index (Phi) is 1.80. The van der Waals surface area contributed by atoms with Crippen molar-refractivity contribution in [1.82, 2.24) is 0 Å². The predicted octanol–water partition coefficient (Wildman–Crippen LogP) is 2.36. The Morgan fingerprint density at radius 2 is 2.33 bits per heavy atom. The molecule has 0 radical (unpaired) electrons. The molecule has 0 aromatic carbocycles. The molecule has 1 unspecified atom stereocenters. The lowest BCUT2D eigenvalue weighted by atomic mass is 9.48. The van der Waals surface area contributed by atoms with Crippen molar-refractivity contribution < 1.29 is 5.11 Å². The minimum Gasteiger partial charge on any atom is -0.396 e. The topological polar surface area (TPSA) is 20.2 Å². The molecule has 1 heteroatoms. The molecule has 12 heavy (non-hydrogen) atoms. The number of hydrogen-bond acceptors (Lipinski definition) is 1. The summed E-state index contributed by atoms with van der Waals surface area (Å²) in [5.74, 6) is 1.70. The number of allylic oxidation sites excluding steroid dienone is 1. The molecule has 0 saturated heterocycles. The van der Waals surface area contributed by atoms with Gasteiger partial charge in [0.2, 0.25) is 0 Å². The number of hydrogen-bond donors (Lipinski definition) is 1. The quantitative estimate of drug-likeness (QED) is 0.624. The minimum atomic E-state index is 0.322. The van der Waals surface area contributed by atoms with Crippen LogP contribution in [0.3, 0.4) is 0 Å². The molecule has 0 aliphatic heterocycles. The van der Waals surface area contributed by atoms with Crippen LogP contribution in [0.15, 0.2) is 11.6 Å². The van der Waals surface area contributed by atoms with Crippen molar-refractivity contribution in [3.05, 3.63) is 11.6 Å². The van der Waals surface area contributed by atoms with E-state index < -0.39 is 0 Å². The molecule has 3 aliphatic rings. The molecule has 0 spiro atoms. The second-order valence-electron chi connectivity index (χ2n) is 4.79. The van der Waals surface area contributed by atoms with Gasteiger partial charge in [-0.2, -0.15) is 0 Å². The van der Waals surface area contributed by atoms with E-state index in [0.717, 1.165) is 18.3 Å². The first-order chi connectivity index (χ1) is 5.66. The van der Waals surface area contributed by atoms with Gasteiger partial charge in [0.15, 0.2) is 0 Å². The first kappa shape index (κ1) is 8.31. The highest BCUT2D eigenvalue weighted by atomic mass is 16.2. The van der Waals surface area contributed by atoms with Crippen molar-refractivity contribution in [2.75, 3.05) is 6.61 Å². The summed E-state index contributed by atoms with van der Waals surface area (Å²) in [7, 11) is 0. The molecule has 3 rings (SSSR count). The van der Waals surface area contributed by atoms with E-state index in [9.17, 15) is 0 Å². The van der Waals surface area contributed by atoms with E-state index in [1.807, 2.05) is 0 Å². The van der Waals surface area contributed by atoms with Crippen LogP contribution in [0.2, 0.25) is 0 Å². The fourth-order valence-corrected chi connectivity index (χ4v) is 2.89. The summed E-state index contributed by atoms with van der Waals surface area (Å²) in [5.41, 5.74) is 2.05. The van der Waals surface area contributed by atoms with Crippen LogP contribution in [0.4, 0.5) is 0 Å². The van der Waals surface area contributed by atoms with Crippen LogP contribution in [0, 0.1) is 17.3 Å². The molecular formula is C11H18O. The Hall–Kier alpha value is -0.300. The van der Waals surface area contributed by atoms with Crippen LogP contribution >= 0.6 is 0 Å². The van der Waals surface area contributed by atoms with Crippen LogP contribution in [-0.4, -0.2) is 11.7 Å². The van der Waals surface area contributed by atoms with Crippen molar-refractivity contribution in [1.29, 1.82) is 0 Å². The van der Waals surface area contributed by atoms with Crippen LogP contribution < -0.4 is 0 Å². The Balaban J connectivity index is 2.13. The molecule has 1 N–H and O–H groups in total. The molecule has 0 aromatic rings. The third kappa shape index (κ3) is 0.957. The van der Waals surface area contributed by atoms with Gasteiger partial charge in [-0.3, -0.25) is 0 Å². The van der Waals surface area contributed by atoms with Gasteiger partial charge in [0.25, 0.3) is 0 Å². The Morgan fingerprint density at radius 3 is 2.83 bits per heavy atom. The Bertz CT molecular complexity index is 215. The summed E-state index contributed by atoms with van der Waals surface area (Å²) in [5, 5.41) is 8.88. The molecule has 0 amide bonds. The fourth-order valence-electron chi connectivity index (χ4n) is 2.89. The van der Waals surface area contributed by atoms with Gasteiger partial charge in [0.05, 0.1) is 0 Å². The molecule has 2 bridgehead atoms.